The molecule has 1 aromatic carbocycles. The second-order valence-electron chi connectivity index (χ2n) is 5.50. The highest BCUT2D eigenvalue weighted by molar-refractivity contribution is 5.90. The summed E-state index contributed by atoms with van der Waals surface area (Å²) in [6.07, 6.45) is 0. The second kappa shape index (κ2) is 4.68. The summed E-state index contributed by atoms with van der Waals surface area (Å²) in [6.45, 7) is 5.55. The van der Waals surface area contributed by atoms with Crippen LogP contribution >= 0.6 is 0 Å². The van der Waals surface area contributed by atoms with E-state index in [0.29, 0.717) is 0 Å². The standard InChI is InChI=1S/C15H19NO3/c1-10-13(17)16(9-15(10,3)14(18)19)11(2)12-7-5-4-6-8-12/h4-8,10-11H,9H2,1-3H3,(H,18,19)/t10?,11-,15?/m1/s1. The molecule has 1 saturated heterocycles. The van der Waals surface area contributed by atoms with Gasteiger partial charge in [-0.15, -0.1) is 0 Å². The van der Waals surface area contributed by atoms with E-state index in [-0.39, 0.29) is 18.5 Å². The number of carboxylic acid groups (broad SMARTS) is 1. The van der Waals surface area contributed by atoms with E-state index in [1.165, 1.54) is 0 Å². The van der Waals surface area contributed by atoms with Crippen molar-refractivity contribution in [1.29, 1.82) is 0 Å². The van der Waals surface area contributed by atoms with Crippen LogP contribution in [0.25, 0.3) is 0 Å². The minimum absolute atomic E-state index is 0.0822. The van der Waals surface area contributed by atoms with Crippen molar-refractivity contribution in [2.75, 3.05) is 6.54 Å². The smallest absolute Gasteiger partial charge is 0.311 e. The highest BCUT2D eigenvalue weighted by Gasteiger charge is 2.52. The number of hydrogen-bond donors (Lipinski definition) is 1. The molecule has 1 fully saturated rings. The number of hydrogen-bond acceptors (Lipinski definition) is 2. The molecular formula is C15H19NO3. The first kappa shape index (κ1) is 13.6. The summed E-state index contributed by atoms with van der Waals surface area (Å²) in [5.41, 5.74) is 0.0258. The fraction of sp³-hybridized carbons (Fsp3) is 0.467. The van der Waals surface area contributed by atoms with Crippen molar-refractivity contribution in [3.8, 4) is 0 Å². The Labute approximate surface area is 113 Å². The molecule has 3 atom stereocenters. The number of rotatable bonds is 3. The van der Waals surface area contributed by atoms with Crippen LogP contribution in [0.15, 0.2) is 30.3 Å². The molecule has 0 radical (unpaired) electrons. The van der Waals surface area contributed by atoms with Crippen molar-refractivity contribution < 1.29 is 14.7 Å². The van der Waals surface area contributed by atoms with Crippen LogP contribution < -0.4 is 0 Å². The van der Waals surface area contributed by atoms with Gasteiger partial charge in [0.1, 0.15) is 0 Å². The van der Waals surface area contributed by atoms with Crippen LogP contribution in [0.3, 0.4) is 0 Å². The third-order valence-corrected chi connectivity index (χ3v) is 4.35. The molecule has 2 unspecified atom stereocenters. The second-order valence-corrected chi connectivity index (χ2v) is 5.50. The van der Waals surface area contributed by atoms with Crippen molar-refractivity contribution in [3.63, 3.8) is 0 Å². The van der Waals surface area contributed by atoms with Crippen molar-refractivity contribution in [3.05, 3.63) is 35.9 Å². The molecule has 0 saturated carbocycles. The number of aliphatic carboxylic acids is 1. The molecule has 0 bridgehead atoms. The monoisotopic (exact) mass is 261 g/mol. The van der Waals surface area contributed by atoms with E-state index in [1.54, 1.807) is 18.7 Å². The number of likely N-dealkylation sites (tertiary alicyclic amines) is 1. The summed E-state index contributed by atoms with van der Waals surface area (Å²) in [5.74, 6) is -1.48. The number of carbonyl (C=O) groups is 2. The molecule has 19 heavy (non-hydrogen) atoms. The van der Waals surface area contributed by atoms with Gasteiger partial charge in [0.25, 0.3) is 0 Å². The van der Waals surface area contributed by atoms with Gasteiger partial charge in [0.2, 0.25) is 5.91 Å². The Balaban J connectivity index is 2.28. The van der Waals surface area contributed by atoms with E-state index in [9.17, 15) is 14.7 Å². The Morgan fingerprint density at radius 1 is 1.42 bits per heavy atom. The predicted octanol–water partition coefficient (Wildman–Crippen LogP) is 2.32. The Morgan fingerprint density at radius 2 is 2.00 bits per heavy atom. The van der Waals surface area contributed by atoms with Crippen molar-refractivity contribution in [2.45, 2.75) is 26.8 Å². The number of carbonyl (C=O) groups excluding carboxylic acids is 1. The maximum Gasteiger partial charge on any atom is 0.311 e. The fourth-order valence-corrected chi connectivity index (χ4v) is 2.58. The lowest BCUT2D eigenvalue weighted by molar-refractivity contribution is -0.150. The van der Waals surface area contributed by atoms with Gasteiger partial charge in [0.05, 0.1) is 17.4 Å². The molecule has 1 N–H and O–H groups in total. The summed E-state index contributed by atoms with van der Waals surface area (Å²) in [6, 6.07) is 9.58. The Kier molecular flexibility index (Phi) is 3.35. The number of amides is 1. The first-order valence-corrected chi connectivity index (χ1v) is 6.46. The van der Waals surface area contributed by atoms with Gasteiger partial charge in [-0.25, -0.2) is 0 Å². The minimum Gasteiger partial charge on any atom is -0.481 e. The number of benzene rings is 1. The van der Waals surface area contributed by atoms with Gasteiger partial charge < -0.3 is 10.0 Å². The van der Waals surface area contributed by atoms with Crippen LogP contribution in [0, 0.1) is 11.3 Å². The van der Waals surface area contributed by atoms with Gasteiger partial charge in [0, 0.05) is 6.54 Å². The van der Waals surface area contributed by atoms with E-state index in [4.69, 9.17) is 0 Å². The van der Waals surface area contributed by atoms with Gasteiger partial charge in [-0.2, -0.15) is 0 Å². The van der Waals surface area contributed by atoms with Gasteiger partial charge in [-0.3, -0.25) is 9.59 Å². The molecule has 102 valence electrons. The maximum absolute atomic E-state index is 12.3. The lowest BCUT2D eigenvalue weighted by Crippen LogP contribution is -2.35. The lowest BCUT2D eigenvalue weighted by atomic mass is 9.81. The Bertz CT molecular complexity index is 499. The van der Waals surface area contributed by atoms with Crippen molar-refractivity contribution >= 4 is 11.9 Å². The molecule has 1 aromatic rings. The fourth-order valence-electron chi connectivity index (χ4n) is 2.58. The lowest BCUT2D eigenvalue weighted by Gasteiger charge is -2.26. The van der Waals surface area contributed by atoms with Crippen LogP contribution in [0.4, 0.5) is 0 Å². The average molecular weight is 261 g/mol. The van der Waals surface area contributed by atoms with Crippen LogP contribution in [0.1, 0.15) is 32.4 Å². The minimum atomic E-state index is -1.000. The summed E-state index contributed by atoms with van der Waals surface area (Å²) in [7, 11) is 0. The topological polar surface area (TPSA) is 57.6 Å². The van der Waals surface area contributed by atoms with Crippen LogP contribution in [-0.4, -0.2) is 28.4 Å². The van der Waals surface area contributed by atoms with E-state index in [1.807, 2.05) is 37.3 Å². The van der Waals surface area contributed by atoms with Crippen molar-refractivity contribution in [1.82, 2.24) is 4.90 Å². The Hall–Kier alpha value is -1.84. The number of nitrogens with zero attached hydrogens (tertiary/aromatic N) is 1. The molecule has 1 amide bonds. The van der Waals surface area contributed by atoms with Gasteiger partial charge in [0.15, 0.2) is 0 Å². The largest absolute Gasteiger partial charge is 0.481 e. The van der Waals surface area contributed by atoms with Crippen molar-refractivity contribution in [2.24, 2.45) is 11.3 Å². The van der Waals surface area contributed by atoms with E-state index in [2.05, 4.69) is 0 Å². The number of carboxylic acids is 1. The highest BCUT2D eigenvalue weighted by Crippen LogP contribution is 2.40. The zero-order valence-electron chi connectivity index (χ0n) is 11.5. The molecule has 0 aromatic heterocycles. The van der Waals surface area contributed by atoms with Gasteiger partial charge >= 0.3 is 5.97 Å². The molecule has 1 aliphatic rings. The molecule has 1 aliphatic heterocycles. The zero-order valence-corrected chi connectivity index (χ0v) is 11.5. The van der Waals surface area contributed by atoms with Crippen LogP contribution in [0.2, 0.25) is 0 Å². The van der Waals surface area contributed by atoms with Gasteiger partial charge in [-0.1, -0.05) is 37.3 Å². The molecule has 4 heteroatoms. The molecular weight excluding hydrogens is 242 g/mol. The summed E-state index contributed by atoms with van der Waals surface area (Å²) >= 11 is 0. The maximum atomic E-state index is 12.3. The summed E-state index contributed by atoms with van der Waals surface area (Å²) in [5, 5.41) is 9.35. The normalized spacial score (nSPS) is 28.5. The summed E-state index contributed by atoms with van der Waals surface area (Å²) < 4.78 is 0. The predicted molar refractivity (Wildman–Crippen MR) is 71.5 cm³/mol. The van der Waals surface area contributed by atoms with E-state index < -0.39 is 17.3 Å². The SMILES string of the molecule is CC1C(=O)N([C@H](C)c2ccccc2)CC1(C)C(=O)O. The third-order valence-electron chi connectivity index (χ3n) is 4.35. The first-order valence-electron chi connectivity index (χ1n) is 6.46. The van der Waals surface area contributed by atoms with E-state index >= 15 is 0 Å². The summed E-state index contributed by atoms with van der Waals surface area (Å²) in [4.78, 5) is 25.4. The van der Waals surface area contributed by atoms with E-state index in [0.717, 1.165) is 5.56 Å². The van der Waals surface area contributed by atoms with Gasteiger partial charge in [-0.05, 0) is 19.4 Å². The third kappa shape index (κ3) is 2.11. The molecule has 2 rings (SSSR count). The highest BCUT2D eigenvalue weighted by atomic mass is 16.4. The average Bonchev–Trinajstić information content (AvgIpc) is 2.65. The van der Waals surface area contributed by atoms with Crippen LogP contribution in [-0.2, 0) is 9.59 Å². The zero-order chi connectivity index (χ0) is 14.2. The quantitative estimate of drug-likeness (QED) is 0.908. The molecule has 4 nitrogen and oxygen atoms in total. The molecule has 1 heterocycles. The molecule has 0 spiro atoms. The molecule has 0 aliphatic carbocycles. The first-order chi connectivity index (χ1) is 8.88. The van der Waals surface area contributed by atoms with Crippen LogP contribution in [0.5, 0.6) is 0 Å². The Morgan fingerprint density at radius 3 is 2.47 bits per heavy atom.